The van der Waals surface area contributed by atoms with Gasteiger partial charge in [-0.1, -0.05) is 0 Å². The van der Waals surface area contributed by atoms with Crippen molar-refractivity contribution in [2.24, 2.45) is 0 Å². The van der Waals surface area contributed by atoms with E-state index in [0.717, 1.165) is 16.1 Å². The van der Waals surface area contributed by atoms with Crippen LogP contribution in [0.5, 0.6) is 5.75 Å². The highest BCUT2D eigenvalue weighted by atomic mass is 32.1. The van der Waals surface area contributed by atoms with Crippen LogP contribution in [0, 0.1) is 6.92 Å². The Hall–Kier alpha value is -1.88. The minimum Gasteiger partial charge on any atom is -0.508 e. The number of aryl methyl sites for hydroxylation is 1. The molecule has 1 aromatic heterocycles. The second-order valence-corrected chi connectivity index (χ2v) is 5.33. The van der Waals surface area contributed by atoms with Crippen LogP contribution in [0.1, 0.15) is 28.5 Å². The van der Waals surface area contributed by atoms with Crippen molar-refractivity contribution < 1.29 is 9.90 Å². The van der Waals surface area contributed by atoms with Gasteiger partial charge in [-0.15, -0.1) is 11.3 Å². The fourth-order valence-electron chi connectivity index (χ4n) is 2.24. The first-order valence-corrected chi connectivity index (χ1v) is 6.56. The number of carbonyl (C=O) groups is 1. The third kappa shape index (κ3) is 1.76. The number of amides is 1. The molecule has 92 valence electrons. The molecular weight excluding hydrogens is 248 g/mol. The van der Waals surface area contributed by atoms with E-state index in [1.807, 2.05) is 18.4 Å². The summed E-state index contributed by atoms with van der Waals surface area (Å²) in [5, 5.41) is 15.4. The maximum atomic E-state index is 11.7. The molecule has 1 aliphatic heterocycles. The zero-order chi connectivity index (χ0) is 12.7. The monoisotopic (exact) mass is 260 g/mol. The van der Waals surface area contributed by atoms with E-state index in [-0.39, 0.29) is 17.6 Å². The number of aromatic hydroxyl groups is 1. The molecule has 2 aromatic rings. The molecule has 18 heavy (non-hydrogen) atoms. The van der Waals surface area contributed by atoms with Crippen molar-refractivity contribution in [2.75, 3.05) is 5.32 Å². The van der Waals surface area contributed by atoms with Gasteiger partial charge >= 0.3 is 0 Å². The molecule has 2 N–H and O–H groups in total. The van der Waals surface area contributed by atoms with Crippen molar-refractivity contribution in [3.05, 3.63) is 39.8 Å². The van der Waals surface area contributed by atoms with Crippen molar-refractivity contribution in [1.29, 1.82) is 0 Å². The van der Waals surface area contributed by atoms with Gasteiger partial charge in [0.05, 0.1) is 0 Å². The summed E-state index contributed by atoms with van der Waals surface area (Å²) in [7, 11) is 0. The summed E-state index contributed by atoms with van der Waals surface area (Å²) < 4.78 is 0. The Bertz CT molecular complexity index is 608. The number of benzene rings is 1. The number of anilines is 1. The first kappa shape index (κ1) is 11.2. The Kier molecular flexibility index (Phi) is 2.56. The largest absolute Gasteiger partial charge is 0.508 e. The number of thiazole rings is 1. The number of fused-ring (bicyclic) bond motifs is 1. The summed E-state index contributed by atoms with van der Waals surface area (Å²) in [4.78, 5) is 16.0. The predicted molar refractivity (Wildman–Crippen MR) is 70.0 cm³/mol. The molecular formula is C13H12N2O2S. The second kappa shape index (κ2) is 4.10. The highest BCUT2D eigenvalue weighted by Crippen LogP contribution is 2.40. The number of nitrogens with zero attached hydrogens (tertiary/aromatic N) is 1. The van der Waals surface area contributed by atoms with Crippen LogP contribution in [0.3, 0.4) is 0 Å². The SMILES string of the molecule is Cc1cc2c(cc1O)NC(=O)C[C@@H]2c1nccs1. The van der Waals surface area contributed by atoms with Gasteiger partial charge in [-0.2, -0.15) is 0 Å². The summed E-state index contributed by atoms with van der Waals surface area (Å²) in [6.45, 7) is 1.85. The van der Waals surface area contributed by atoms with Crippen LogP contribution >= 0.6 is 11.3 Å². The molecule has 0 fully saturated rings. The smallest absolute Gasteiger partial charge is 0.225 e. The molecule has 1 aliphatic rings. The molecule has 0 spiro atoms. The van der Waals surface area contributed by atoms with E-state index in [1.54, 1.807) is 23.6 Å². The molecule has 5 heteroatoms. The molecule has 0 bridgehead atoms. The quantitative estimate of drug-likeness (QED) is 0.828. The van der Waals surface area contributed by atoms with Crippen molar-refractivity contribution >= 4 is 22.9 Å². The lowest BCUT2D eigenvalue weighted by atomic mass is 9.89. The van der Waals surface area contributed by atoms with Crippen LogP contribution in [0.25, 0.3) is 0 Å². The topological polar surface area (TPSA) is 62.2 Å². The van der Waals surface area contributed by atoms with Crippen LogP contribution in [-0.4, -0.2) is 16.0 Å². The number of hydrogen-bond acceptors (Lipinski definition) is 4. The van der Waals surface area contributed by atoms with Gasteiger partial charge in [0.2, 0.25) is 5.91 Å². The average molecular weight is 260 g/mol. The Labute approximate surface area is 108 Å². The van der Waals surface area contributed by atoms with Crippen molar-refractivity contribution in [1.82, 2.24) is 4.98 Å². The third-order valence-corrected chi connectivity index (χ3v) is 4.05. The number of nitrogens with one attached hydrogen (secondary N) is 1. The lowest BCUT2D eigenvalue weighted by Gasteiger charge is -2.25. The number of phenols is 1. The molecule has 0 aliphatic carbocycles. The molecule has 0 saturated carbocycles. The highest BCUT2D eigenvalue weighted by Gasteiger charge is 2.28. The van der Waals surface area contributed by atoms with Gasteiger partial charge in [0.1, 0.15) is 10.8 Å². The van der Waals surface area contributed by atoms with E-state index in [4.69, 9.17) is 0 Å². The first-order valence-electron chi connectivity index (χ1n) is 5.68. The number of aromatic nitrogens is 1. The Morgan fingerprint density at radius 1 is 1.50 bits per heavy atom. The van der Waals surface area contributed by atoms with Crippen LogP contribution in [0.4, 0.5) is 5.69 Å². The van der Waals surface area contributed by atoms with Crippen molar-refractivity contribution in [2.45, 2.75) is 19.3 Å². The highest BCUT2D eigenvalue weighted by molar-refractivity contribution is 7.09. The van der Waals surface area contributed by atoms with E-state index in [9.17, 15) is 9.90 Å². The standard InChI is InChI=1S/C13H12N2O2S/c1-7-4-8-9(13-14-2-3-18-13)5-12(17)15-10(8)6-11(7)16/h2-4,6,9,16H,5H2,1H3,(H,15,17)/t9-/m0/s1. The number of hydrogen-bond donors (Lipinski definition) is 2. The van der Waals surface area contributed by atoms with E-state index >= 15 is 0 Å². The number of rotatable bonds is 1. The van der Waals surface area contributed by atoms with Gasteiger partial charge < -0.3 is 10.4 Å². The van der Waals surface area contributed by atoms with Crippen LogP contribution in [0.2, 0.25) is 0 Å². The normalized spacial score (nSPS) is 18.3. The molecule has 2 heterocycles. The van der Waals surface area contributed by atoms with Gasteiger partial charge in [0, 0.05) is 35.7 Å². The predicted octanol–water partition coefficient (Wildman–Crippen LogP) is 2.63. The summed E-state index contributed by atoms with van der Waals surface area (Å²) in [5.74, 6) is 0.160. The molecule has 0 saturated heterocycles. The maximum absolute atomic E-state index is 11.7. The molecule has 0 unspecified atom stereocenters. The fourth-order valence-corrected chi connectivity index (χ4v) is 3.00. The lowest BCUT2D eigenvalue weighted by molar-refractivity contribution is -0.116. The van der Waals surface area contributed by atoms with Crippen molar-refractivity contribution in [3.8, 4) is 5.75 Å². The molecule has 1 amide bonds. The summed E-state index contributed by atoms with van der Waals surface area (Å²) >= 11 is 1.55. The Morgan fingerprint density at radius 2 is 2.33 bits per heavy atom. The van der Waals surface area contributed by atoms with Crippen LogP contribution in [0.15, 0.2) is 23.7 Å². The second-order valence-electron chi connectivity index (χ2n) is 4.40. The Balaban J connectivity index is 2.15. The van der Waals surface area contributed by atoms with Crippen LogP contribution < -0.4 is 5.32 Å². The van der Waals surface area contributed by atoms with E-state index < -0.39 is 0 Å². The lowest BCUT2D eigenvalue weighted by Crippen LogP contribution is -2.23. The van der Waals surface area contributed by atoms with Gasteiger partial charge in [0.25, 0.3) is 0 Å². The minimum absolute atomic E-state index is 0.00644. The molecule has 0 radical (unpaired) electrons. The molecule has 4 nitrogen and oxygen atoms in total. The zero-order valence-corrected chi connectivity index (χ0v) is 10.6. The Morgan fingerprint density at radius 3 is 3.06 bits per heavy atom. The van der Waals surface area contributed by atoms with Crippen LogP contribution in [-0.2, 0) is 4.79 Å². The molecule has 1 aromatic carbocycles. The van der Waals surface area contributed by atoms with E-state index in [2.05, 4.69) is 10.3 Å². The van der Waals surface area contributed by atoms with Gasteiger partial charge in [-0.25, -0.2) is 4.98 Å². The fraction of sp³-hybridized carbons (Fsp3) is 0.231. The van der Waals surface area contributed by atoms with Gasteiger partial charge in [-0.3, -0.25) is 4.79 Å². The van der Waals surface area contributed by atoms with Crippen molar-refractivity contribution in [3.63, 3.8) is 0 Å². The molecule has 3 rings (SSSR count). The molecule has 1 atom stereocenters. The number of carbonyl (C=O) groups excluding carboxylic acids is 1. The van der Waals surface area contributed by atoms with Gasteiger partial charge in [0.15, 0.2) is 0 Å². The van der Waals surface area contributed by atoms with E-state index in [1.165, 1.54) is 0 Å². The average Bonchev–Trinajstić information content (AvgIpc) is 2.84. The zero-order valence-electron chi connectivity index (χ0n) is 9.80. The minimum atomic E-state index is -0.0362. The first-order chi connectivity index (χ1) is 8.65. The maximum Gasteiger partial charge on any atom is 0.225 e. The van der Waals surface area contributed by atoms with Gasteiger partial charge in [-0.05, 0) is 24.1 Å². The summed E-state index contributed by atoms with van der Waals surface area (Å²) in [5.41, 5.74) is 2.53. The summed E-state index contributed by atoms with van der Waals surface area (Å²) in [6.07, 6.45) is 2.16. The number of phenolic OH excluding ortho intramolecular Hbond substituents is 1. The third-order valence-electron chi connectivity index (χ3n) is 3.16. The van der Waals surface area contributed by atoms with E-state index in [0.29, 0.717) is 12.1 Å². The summed E-state index contributed by atoms with van der Waals surface area (Å²) in [6, 6.07) is 3.54.